The maximum atomic E-state index is 12.3. The molecule has 0 saturated heterocycles. The Morgan fingerprint density at radius 2 is 1.70 bits per heavy atom. The van der Waals surface area contributed by atoms with Crippen LogP contribution in [0.4, 0.5) is 5.69 Å². The summed E-state index contributed by atoms with van der Waals surface area (Å²) in [5.41, 5.74) is 2.71. The number of rotatable bonds is 4. The molecule has 0 aromatic heterocycles. The zero-order valence-corrected chi connectivity index (χ0v) is 13.3. The zero-order chi connectivity index (χ0) is 16.2. The largest absolute Gasteiger partial charge is 0.486 e. The van der Waals surface area contributed by atoms with Crippen molar-refractivity contribution in [3.05, 3.63) is 59.7 Å². The van der Waals surface area contributed by atoms with Gasteiger partial charge in [0.2, 0.25) is 0 Å². The summed E-state index contributed by atoms with van der Waals surface area (Å²) in [4.78, 5) is 14.3. The summed E-state index contributed by atoms with van der Waals surface area (Å²) in [5, 5.41) is 0. The lowest BCUT2D eigenvalue weighted by molar-refractivity contribution is 0.104. The molecule has 1 aliphatic heterocycles. The molecule has 0 atom stereocenters. The molecule has 4 nitrogen and oxygen atoms in total. The average Bonchev–Trinajstić information content (AvgIpc) is 2.59. The normalized spacial score (nSPS) is 13.1. The minimum atomic E-state index is -0.0568. The monoisotopic (exact) mass is 309 g/mol. The fraction of sp³-hybridized carbons (Fsp3) is 0.211. The van der Waals surface area contributed by atoms with E-state index in [1.165, 1.54) is 0 Å². The molecule has 0 bridgehead atoms. The molecule has 0 saturated carbocycles. The van der Waals surface area contributed by atoms with Gasteiger partial charge < -0.3 is 14.4 Å². The first-order valence-electron chi connectivity index (χ1n) is 7.53. The Hall–Kier alpha value is -2.75. The molecule has 0 amide bonds. The van der Waals surface area contributed by atoms with Crippen molar-refractivity contribution >= 4 is 17.5 Å². The van der Waals surface area contributed by atoms with Gasteiger partial charge in [0.15, 0.2) is 17.3 Å². The number of carbonyl (C=O) groups is 1. The second-order valence-electron chi connectivity index (χ2n) is 5.54. The number of benzene rings is 2. The molecule has 2 aromatic carbocycles. The predicted octanol–water partition coefficient (Wildman–Crippen LogP) is 3.42. The van der Waals surface area contributed by atoms with Crippen LogP contribution in [0.5, 0.6) is 11.5 Å². The maximum absolute atomic E-state index is 12.3. The quantitative estimate of drug-likeness (QED) is 0.641. The van der Waals surface area contributed by atoms with E-state index in [0.717, 1.165) is 11.3 Å². The van der Waals surface area contributed by atoms with E-state index in [9.17, 15) is 4.79 Å². The Labute approximate surface area is 135 Å². The van der Waals surface area contributed by atoms with Gasteiger partial charge in [0.25, 0.3) is 0 Å². The second-order valence-corrected chi connectivity index (χ2v) is 5.54. The Kier molecular flexibility index (Phi) is 4.33. The number of carbonyl (C=O) groups excluding carboxylic acids is 1. The first-order chi connectivity index (χ1) is 11.1. The lowest BCUT2D eigenvalue weighted by Gasteiger charge is -2.18. The molecule has 0 fully saturated rings. The molecule has 4 heteroatoms. The Bertz CT molecular complexity index is 733. The molecule has 118 valence electrons. The Morgan fingerprint density at radius 3 is 2.39 bits per heavy atom. The average molecular weight is 309 g/mol. The fourth-order valence-corrected chi connectivity index (χ4v) is 2.35. The SMILES string of the molecule is CN(C)c1ccc(C=CC(=O)c2ccc3c(c2)OCCO3)cc1. The van der Waals surface area contributed by atoms with E-state index >= 15 is 0 Å². The summed E-state index contributed by atoms with van der Waals surface area (Å²) < 4.78 is 11.0. The zero-order valence-electron chi connectivity index (χ0n) is 13.3. The van der Waals surface area contributed by atoms with Crippen LogP contribution in [0.15, 0.2) is 48.5 Å². The number of ether oxygens (including phenoxy) is 2. The van der Waals surface area contributed by atoms with Crippen molar-refractivity contribution in [1.29, 1.82) is 0 Å². The van der Waals surface area contributed by atoms with E-state index < -0.39 is 0 Å². The van der Waals surface area contributed by atoms with Gasteiger partial charge in [0.1, 0.15) is 13.2 Å². The first-order valence-corrected chi connectivity index (χ1v) is 7.53. The van der Waals surface area contributed by atoms with E-state index in [2.05, 4.69) is 0 Å². The van der Waals surface area contributed by atoms with E-state index in [0.29, 0.717) is 30.3 Å². The van der Waals surface area contributed by atoms with Crippen LogP contribution in [-0.4, -0.2) is 33.1 Å². The fourth-order valence-electron chi connectivity index (χ4n) is 2.35. The van der Waals surface area contributed by atoms with Crippen molar-refractivity contribution in [3.8, 4) is 11.5 Å². The maximum Gasteiger partial charge on any atom is 0.185 e. The molecule has 0 unspecified atom stereocenters. The molecule has 1 heterocycles. The van der Waals surface area contributed by atoms with Gasteiger partial charge >= 0.3 is 0 Å². The van der Waals surface area contributed by atoms with Crippen molar-refractivity contribution in [2.45, 2.75) is 0 Å². The van der Waals surface area contributed by atoms with Crippen LogP contribution in [0.2, 0.25) is 0 Å². The van der Waals surface area contributed by atoms with Crippen LogP contribution in [0.25, 0.3) is 6.08 Å². The van der Waals surface area contributed by atoms with Gasteiger partial charge in [-0.3, -0.25) is 4.79 Å². The van der Waals surface area contributed by atoms with Crippen LogP contribution in [0, 0.1) is 0 Å². The lowest BCUT2D eigenvalue weighted by atomic mass is 10.1. The number of anilines is 1. The standard InChI is InChI=1S/C19H19NO3/c1-20(2)16-7-3-14(4-8-16)5-9-17(21)15-6-10-18-19(13-15)23-12-11-22-18/h3-10,13H,11-12H2,1-2H3. The lowest BCUT2D eigenvalue weighted by Crippen LogP contribution is -2.15. The van der Waals surface area contributed by atoms with Crippen molar-refractivity contribution < 1.29 is 14.3 Å². The first kappa shape index (κ1) is 15.2. The summed E-state index contributed by atoms with van der Waals surface area (Å²) >= 11 is 0. The number of hydrogen-bond acceptors (Lipinski definition) is 4. The van der Waals surface area contributed by atoms with Crippen LogP contribution in [0.1, 0.15) is 15.9 Å². The summed E-state index contributed by atoms with van der Waals surface area (Å²) in [7, 11) is 3.99. The van der Waals surface area contributed by atoms with Crippen molar-refractivity contribution in [2.24, 2.45) is 0 Å². The number of fused-ring (bicyclic) bond motifs is 1. The molecular weight excluding hydrogens is 290 g/mol. The van der Waals surface area contributed by atoms with Crippen LogP contribution < -0.4 is 14.4 Å². The number of allylic oxidation sites excluding steroid dienone is 1. The van der Waals surface area contributed by atoms with Crippen LogP contribution in [0.3, 0.4) is 0 Å². The summed E-state index contributed by atoms with van der Waals surface area (Å²) in [6.07, 6.45) is 3.40. The van der Waals surface area contributed by atoms with Gasteiger partial charge in [-0.25, -0.2) is 0 Å². The van der Waals surface area contributed by atoms with Gasteiger partial charge in [0.05, 0.1) is 0 Å². The van der Waals surface area contributed by atoms with Crippen molar-refractivity contribution in [2.75, 3.05) is 32.2 Å². The Balaban J connectivity index is 1.73. The molecule has 2 aromatic rings. The Morgan fingerprint density at radius 1 is 1.00 bits per heavy atom. The minimum Gasteiger partial charge on any atom is -0.486 e. The van der Waals surface area contributed by atoms with Gasteiger partial charge in [-0.1, -0.05) is 18.2 Å². The van der Waals surface area contributed by atoms with Gasteiger partial charge in [0, 0.05) is 25.3 Å². The highest BCUT2D eigenvalue weighted by Crippen LogP contribution is 2.31. The summed E-state index contributed by atoms with van der Waals surface area (Å²) in [6, 6.07) is 13.3. The number of hydrogen-bond donors (Lipinski definition) is 0. The highest BCUT2D eigenvalue weighted by molar-refractivity contribution is 6.07. The highest BCUT2D eigenvalue weighted by atomic mass is 16.6. The predicted molar refractivity (Wildman–Crippen MR) is 91.6 cm³/mol. The van der Waals surface area contributed by atoms with Crippen molar-refractivity contribution in [3.63, 3.8) is 0 Å². The van der Waals surface area contributed by atoms with E-state index in [1.54, 1.807) is 24.3 Å². The molecule has 0 spiro atoms. The third kappa shape index (κ3) is 3.54. The molecule has 0 N–H and O–H groups in total. The molecule has 1 aliphatic rings. The van der Waals surface area contributed by atoms with E-state index in [-0.39, 0.29) is 5.78 Å². The second kappa shape index (κ2) is 6.57. The van der Waals surface area contributed by atoms with Gasteiger partial charge in [-0.05, 0) is 42.0 Å². The summed E-state index contributed by atoms with van der Waals surface area (Å²) in [5.74, 6) is 1.26. The van der Waals surface area contributed by atoms with E-state index in [4.69, 9.17) is 9.47 Å². The molecule has 0 radical (unpaired) electrons. The summed E-state index contributed by atoms with van der Waals surface area (Å²) in [6.45, 7) is 1.06. The van der Waals surface area contributed by atoms with Gasteiger partial charge in [-0.2, -0.15) is 0 Å². The smallest absolute Gasteiger partial charge is 0.185 e. The molecule has 23 heavy (non-hydrogen) atoms. The van der Waals surface area contributed by atoms with Crippen LogP contribution >= 0.6 is 0 Å². The third-order valence-electron chi connectivity index (χ3n) is 3.66. The highest BCUT2D eigenvalue weighted by Gasteiger charge is 2.13. The number of ketones is 1. The van der Waals surface area contributed by atoms with Gasteiger partial charge in [-0.15, -0.1) is 0 Å². The molecule has 0 aliphatic carbocycles. The topological polar surface area (TPSA) is 38.8 Å². The molecule has 3 rings (SSSR count). The minimum absolute atomic E-state index is 0.0568. The van der Waals surface area contributed by atoms with Crippen molar-refractivity contribution in [1.82, 2.24) is 0 Å². The third-order valence-corrected chi connectivity index (χ3v) is 3.66. The van der Waals surface area contributed by atoms with E-state index in [1.807, 2.05) is 49.3 Å². The molecular formula is C19H19NO3. The number of nitrogens with zero attached hydrogens (tertiary/aromatic N) is 1. The van der Waals surface area contributed by atoms with Crippen LogP contribution in [-0.2, 0) is 0 Å².